The first-order chi connectivity index (χ1) is 9.52. The van der Waals surface area contributed by atoms with Crippen molar-refractivity contribution in [2.45, 2.75) is 0 Å². The molecule has 1 aromatic carbocycles. The van der Waals surface area contributed by atoms with Crippen molar-refractivity contribution in [3.8, 4) is 0 Å². The van der Waals surface area contributed by atoms with Crippen LogP contribution in [-0.2, 0) is 4.74 Å². The fourth-order valence-corrected chi connectivity index (χ4v) is 1.87. The minimum absolute atomic E-state index is 0.199. The highest BCUT2D eigenvalue weighted by Crippen LogP contribution is 2.29. The number of carbonyl (C=O) groups is 1. The smallest absolute Gasteiger partial charge is 0.340 e. The van der Waals surface area contributed by atoms with Gasteiger partial charge in [-0.3, -0.25) is 0 Å². The van der Waals surface area contributed by atoms with Crippen LogP contribution >= 0.6 is 23.2 Å². The van der Waals surface area contributed by atoms with Crippen LogP contribution in [0.5, 0.6) is 0 Å². The number of hydrogen-bond acceptors (Lipinski definition) is 5. The Bertz CT molecular complexity index is 662. The second-order valence-corrected chi connectivity index (χ2v) is 4.68. The SMILES string of the molecule is COC(=O)c1ccnc(Nc2ccc(Cl)c(Cl)c2)c1N. The molecule has 1 heterocycles. The lowest BCUT2D eigenvalue weighted by molar-refractivity contribution is 0.0602. The Hall–Kier alpha value is -1.98. The second kappa shape index (κ2) is 5.98. The normalized spacial score (nSPS) is 10.2. The summed E-state index contributed by atoms with van der Waals surface area (Å²) < 4.78 is 4.64. The molecule has 0 spiro atoms. The van der Waals surface area contributed by atoms with Crippen molar-refractivity contribution in [1.82, 2.24) is 4.98 Å². The minimum atomic E-state index is -0.526. The zero-order valence-electron chi connectivity index (χ0n) is 10.5. The number of carbonyl (C=O) groups excluding carboxylic acids is 1. The van der Waals surface area contributed by atoms with Crippen molar-refractivity contribution in [2.24, 2.45) is 0 Å². The summed E-state index contributed by atoms with van der Waals surface area (Å²) in [6.45, 7) is 0. The number of methoxy groups -OCH3 is 1. The highest BCUT2D eigenvalue weighted by Gasteiger charge is 2.14. The molecule has 0 unspecified atom stereocenters. The van der Waals surface area contributed by atoms with E-state index in [1.165, 1.54) is 19.4 Å². The molecule has 0 radical (unpaired) electrons. The van der Waals surface area contributed by atoms with E-state index in [1.807, 2.05) is 0 Å². The summed E-state index contributed by atoms with van der Waals surface area (Å²) in [5.74, 6) is -0.187. The zero-order chi connectivity index (χ0) is 14.7. The maximum absolute atomic E-state index is 11.5. The van der Waals surface area contributed by atoms with Crippen LogP contribution in [0, 0.1) is 0 Å². The number of nitrogens with zero attached hydrogens (tertiary/aromatic N) is 1. The van der Waals surface area contributed by atoms with Crippen LogP contribution in [0.1, 0.15) is 10.4 Å². The predicted octanol–water partition coefficient (Wildman–Crippen LogP) is 3.50. The first-order valence-corrected chi connectivity index (χ1v) is 6.33. The molecular formula is C13H11Cl2N3O2. The number of halogens is 2. The maximum Gasteiger partial charge on any atom is 0.340 e. The lowest BCUT2D eigenvalue weighted by Gasteiger charge is -2.11. The molecule has 0 aliphatic rings. The Kier molecular flexibility index (Phi) is 4.32. The Labute approximate surface area is 125 Å². The number of anilines is 3. The monoisotopic (exact) mass is 311 g/mol. The first kappa shape index (κ1) is 14.4. The third kappa shape index (κ3) is 2.95. The van der Waals surface area contributed by atoms with Gasteiger partial charge < -0.3 is 15.8 Å². The van der Waals surface area contributed by atoms with E-state index in [0.29, 0.717) is 21.6 Å². The quantitative estimate of drug-likeness (QED) is 0.848. The van der Waals surface area contributed by atoms with Crippen LogP contribution < -0.4 is 11.1 Å². The van der Waals surface area contributed by atoms with Crippen molar-refractivity contribution in [2.75, 3.05) is 18.2 Å². The van der Waals surface area contributed by atoms with E-state index in [9.17, 15) is 4.79 Å². The molecule has 0 saturated heterocycles. The van der Waals surface area contributed by atoms with Crippen LogP contribution in [0.25, 0.3) is 0 Å². The summed E-state index contributed by atoms with van der Waals surface area (Å²) in [7, 11) is 1.29. The van der Waals surface area contributed by atoms with Gasteiger partial charge in [-0.2, -0.15) is 0 Å². The van der Waals surface area contributed by atoms with Crippen LogP contribution in [0.2, 0.25) is 10.0 Å². The van der Waals surface area contributed by atoms with E-state index in [-0.39, 0.29) is 11.3 Å². The molecule has 1 aromatic heterocycles. The van der Waals surface area contributed by atoms with E-state index in [0.717, 1.165) is 0 Å². The molecule has 0 saturated carbocycles. The molecule has 2 aromatic rings. The number of benzene rings is 1. The molecule has 0 amide bonds. The van der Waals surface area contributed by atoms with Crippen LogP contribution in [0.15, 0.2) is 30.5 Å². The van der Waals surface area contributed by atoms with Gasteiger partial charge in [0, 0.05) is 11.9 Å². The average molecular weight is 312 g/mol. The first-order valence-electron chi connectivity index (χ1n) is 5.57. The lowest BCUT2D eigenvalue weighted by atomic mass is 10.2. The van der Waals surface area contributed by atoms with Crippen molar-refractivity contribution in [1.29, 1.82) is 0 Å². The van der Waals surface area contributed by atoms with Gasteiger partial charge in [0.2, 0.25) is 0 Å². The Morgan fingerprint density at radius 3 is 2.70 bits per heavy atom. The van der Waals surface area contributed by atoms with Gasteiger partial charge in [0.05, 0.1) is 28.4 Å². The molecule has 0 fully saturated rings. The summed E-state index contributed by atoms with van der Waals surface area (Å²) in [6, 6.07) is 6.49. The fourth-order valence-electron chi connectivity index (χ4n) is 1.57. The average Bonchev–Trinajstić information content (AvgIpc) is 2.44. The number of hydrogen-bond donors (Lipinski definition) is 2. The van der Waals surface area contributed by atoms with Crippen LogP contribution in [-0.4, -0.2) is 18.1 Å². The van der Waals surface area contributed by atoms with Crippen LogP contribution in [0.3, 0.4) is 0 Å². The molecule has 0 bridgehead atoms. The number of nitrogen functional groups attached to an aromatic ring is 1. The van der Waals surface area contributed by atoms with Gasteiger partial charge in [0.15, 0.2) is 5.82 Å². The molecule has 7 heteroatoms. The summed E-state index contributed by atoms with van der Waals surface area (Å²) in [5, 5.41) is 3.82. The molecule has 104 valence electrons. The van der Waals surface area contributed by atoms with Crippen molar-refractivity contribution in [3.63, 3.8) is 0 Å². The van der Waals surface area contributed by atoms with Gasteiger partial charge >= 0.3 is 5.97 Å². The van der Waals surface area contributed by atoms with Crippen molar-refractivity contribution < 1.29 is 9.53 Å². The van der Waals surface area contributed by atoms with E-state index < -0.39 is 5.97 Å². The standard InChI is InChI=1S/C13H11Cl2N3O2/c1-20-13(19)8-4-5-17-12(11(8)16)18-7-2-3-9(14)10(15)6-7/h2-6H,16H2,1H3,(H,17,18). The van der Waals surface area contributed by atoms with Gasteiger partial charge in [-0.15, -0.1) is 0 Å². The topological polar surface area (TPSA) is 77.2 Å². The van der Waals surface area contributed by atoms with Gasteiger partial charge in [0.25, 0.3) is 0 Å². The summed E-state index contributed by atoms with van der Waals surface area (Å²) in [6.07, 6.45) is 1.46. The minimum Gasteiger partial charge on any atom is -0.465 e. The van der Waals surface area contributed by atoms with Gasteiger partial charge in [-0.1, -0.05) is 23.2 Å². The molecule has 0 aliphatic heterocycles. The van der Waals surface area contributed by atoms with Gasteiger partial charge in [-0.05, 0) is 24.3 Å². The molecular weight excluding hydrogens is 301 g/mol. The highest BCUT2D eigenvalue weighted by molar-refractivity contribution is 6.42. The fraction of sp³-hybridized carbons (Fsp3) is 0.0769. The van der Waals surface area contributed by atoms with E-state index in [2.05, 4.69) is 15.0 Å². The predicted molar refractivity (Wildman–Crippen MR) is 79.7 cm³/mol. The largest absolute Gasteiger partial charge is 0.465 e. The van der Waals surface area contributed by atoms with E-state index >= 15 is 0 Å². The second-order valence-electron chi connectivity index (χ2n) is 3.87. The number of esters is 1. The molecule has 3 N–H and O–H groups in total. The number of ether oxygens (including phenoxy) is 1. The van der Waals surface area contributed by atoms with Gasteiger partial charge in [0.1, 0.15) is 0 Å². The molecule has 2 rings (SSSR count). The number of pyridine rings is 1. The van der Waals surface area contributed by atoms with Crippen LogP contribution in [0.4, 0.5) is 17.2 Å². The number of nitrogens with two attached hydrogens (primary N) is 1. The van der Waals surface area contributed by atoms with Crippen molar-refractivity contribution in [3.05, 3.63) is 46.1 Å². The Morgan fingerprint density at radius 2 is 2.05 bits per heavy atom. The Balaban J connectivity index is 2.34. The number of nitrogens with one attached hydrogen (secondary N) is 1. The lowest BCUT2D eigenvalue weighted by Crippen LogP contribution is -2.09. The molecule has 0 aliphatic carbocycles. The van der Waals surface area contributed by atoms with Crippen molar-refractivity contribution >= 4 is 46.4 Å². The molecule has 0 atom stereocenters. The maximum atomic E-state index is 11.5. The zero-order valence-corrected chi connectivity index (χ0v) is 12.0. The molecule has 20 heavy (non-hydrogen) atoms. The summed E-state index contributed by atoms with van der Waals surface area (Å²) in [5.41, 5.74) is 6.98. The van der Waals surface area contributed by atoms with E-state index in [1.54, 1.807) is 18.2 Å². The molecule has 5 nitrogen and oxygen atoms in total. The summed E-state index contributed by atoms with van der Waals surface area (Å²) >= 11 is 11.8. The van der Waals surface area contributed by atoms with Gasteiger partial charge in [-0.25, -0.2) is 9.78 Å². The number of aromatic nitrogens is 1. The number of rotatable bonds is 3. The third-order valence-corrected chi connectivity index (χ3v) is 3.32. The Morgan fingerprint density at radius 1 is 1.30 bits per heavy atom. The summed E-state index contributed by atoms with van der Waals surface area (Å²) in [4.78, 5) is 15.6. The third-order valence-electron chi connectivity index (χ3n) is 2.58. The highest BCUT2D eigenvalue weighted by atomic mass is 35.5. The van der Waals surface area contributed by atoms with E-state index in [4.69, 9.17) is 28.9 Å².